The average molecular weight is 324 g/mol. The Hall–Kier alpha value is -1.73. The summed E-state index contributed by atoms with van der Waals surface area (Å²) in [5, 5.41) is 1.05. The highest BCUT2D eigenvalue weighted by Crippen LogP contribution is 2.23. The van der Waals surface area contributed by atoms with E-state index in [4.69, 9.17) is 33.7 Å². The van der Waals surface area contributed by atoms with Gasteiger partial charge in [0, 0.05) is 27.2 Å². The first-order valence-electron chi connectivity index (χ1n) is 6.15. The van der Waals surface area contributed by atoms with Crippen LogP contribution in [-0.4, -0.2) is 6.54 Å². The quantitative estimate of drug-likeness (QED) is 0.866. The lowest BCUT2D eigenvalue weighted by Gasteiger charge is -2.08. The van der Waals surface area contributed by atoms with Crippen LogP contribution in [0.25, 0.3) is 0 Å². The first-order valence-corrected chi connectivity index (χ1v) is 6.90. The molecule has 0 aliphatic carbocycles. The third-order valence-electron chi connectivity index (χ3n) is 2.62. The van der Waals surface area contributed by atoms with Crippen molar-refractivity contribution in [3.63, 3.8) is 0 Å². The SMILES string of the molecule is NCC#Cc1cc(F)cc(OCc2ccc(Cl)cc2Cl)c1. The van der Waals surface area contributed by atoms with Crippen molar-refractivity contribution in [2.75, 3.05) is 6.54 Å². The fraction of sp³-hybridized carbons (Fsp3) is 0.125. The summed E-state index contributed by atoms with van der Waals surface area (Å²) in [5.41, 5.74) is 6.57. The summed E-state index contributed by atoms with van der Waals surface area (Å²) in [6.07, 6.45) is 0. The molecule has 0 fully saturated rings. The van der Waals surface area contributed by atoms with Crippen LogP contribution in [0.3, 0.4) is 0 Å². The lowest BCUT2D eigenvalue weighted by molar-refractivity contribution is 0.304. The van der Waals surface area contributed by atoms with Crippen molar-refractivity contribution in [3.05, 3.63) is 63.4 Å². The molecule has 2 nitrogen and oxygen atoms in total. The van der Waals surface area contributed by atoms with Crippen LogP contribution < -0.4 is 10.5 Å². The second-order valence-corrected chi connectivity index (χ2v) is 5.05. The molecule has 0 spiro atoms. The number of benzene rings is 2. The van der Waals surface area contributed by atoms with Crippen LogP contribution in [0.4, 0.5) is 4.39 Å². The van der Waals surface area contributed by atoms with Gasteiger partial charge in [-0.2, -0.15) is 0 Å². The third-order valence-corrected chi connectivity index (χ3v) is 3.20. The molecule has 0 saturated heterocycles. The number of nitrogens with two attached hydrogens (primary N) is 1. The first kappa shape index (κ1) is 15.7. The number of ether oxygens (including phenoxy) is 1. The molecule has 0 unspecified atom stereocenters. The Balaban J connectivity index is 2.14. The number of hydrogen-bond acceptors (Lipinski definition) is 2. The smallest absolute Gasteiger partial charge is 0.128 e. The highest BCUT2D eigenvalue weighted by molar-refractivity contribution is 6.35. The first-order chi connectivity index (χ1) is 10.1. The molecule has 2 aromatic carbocycles. The summed E-state index contributed by atoms with van der Waals surface area (Å²) in [6, 6.07) is 9.37. The van der Waals surface area contributed by atoms with Gasteiger partial charge in [-0.15, -0.1) is 0 Å². The van der Waals surface area contributed by atoms with Crippen LogP contribution in [0.2, 0.25) is 10.0 Å². The zero-order valence-electron chi connectivity index (χ0n) is 11.0. The van der Waals surface area contributed by atoms with E-state index < -0.39 is 5.82 Å². The zero-order chi connectivity index (χ0) is 15.2. The van der Waals surface area contributed by atoms with E-state index in [9.17, 15) is 4.39 Å². The molecule has 0 aliphatic rings. The third kappa shape index (κ3) is 4.64. The average Bonchev–Trinajstić information content (AvgIpc) is 2.43. The van der Waals surface area contributed by atoms with Crippen molar-refractivity contribution in [3.8, 4) is 17.6 Å². The summed E-state index contributed by atoms with van der Waals surface area (Å²) in [7, 11) is 0. The lowest BCUT2D eigenvalue weighted by Crippen LogP contribution is -1.97. The molecule has 108 valence electrons. The maximum Gasteiger partial charge on any atom is 0.128 e. The van der Waals surface area contributed by atoms with E-state index in [-0.39, 0.29) is 13.2 Å². The Labute approximate surface area is 132 Å². The van der Waals surface area contributed by atoms with Gasteiger partial charge in [0.25, 0.3) is 0 Å². The Morgan fingerprint density at radius 2 is 1.95 bits per heavy atom. The van der Waals surface area contributed by atoms with Gasteiger partial charge in [-0.25, -0.2) is 4.39 Å². The Morgan fingerprint density at radius 1 is 1.14 bits per heavy atom. The molecule has 2 aromatic rings. The van der Waals surface area contributed by atoms with Gasteiger partial charge >= 0.3 is 0 Å². The number of halogens is 3. The molecule has 0 atom stereocenters. The molecule has 21 heavy (non-hydrogen) atoms. The van der Waals surface area contributed by atoms with Crippen LogP contribution >= 0.6 is 23.2 Å². The minimum atomic E-state index is -0.420. The molecule has 5 heteroatoms. The fourth-order valence-electron chi connectivity index (χ4n) is 1.67. The molecular formula is C16H12Cl2FNO. The number of rotatable bonds is 3. The monoisotopic (exact) mass is 323 g/mol. The molecule has 0 saturated carbocycles. The summed E-state index contributed by atoms with van der Waals surface area (Å²) >= 11 is 11.9. The van der Waals surface area contributed by atoms with Crippen molar-refractivity contribution < 1.29 is 9.13 Å². The highest BCUT2D eigenvalue weighted by atomic mass is 35.5. The molecule has 2 N–H and O–H groups in total. The van der Waals surface area contributed by atoms with Gasteiger partial charge in [-0.1, -0.05) is 41.1 Å². The van der Waals surface area contributed by atoms with E-state index >= 15 is 0 Å². The zero-order valence-corrected chi connectivity index (χ0v) is 12.5. The van der Waals surface area contributed by atoms with Crippen LogP contribution in [0.1, 0.15) is 11.1 Å². The molecule has 2 rings (SSSR count). The Morgan fingerprint density at radius 3 is 2.67 bits per heavy atom. The van der Waals surface area contributed by atoms with E-state index in [2.05, 4.69) is 11.8 Å². The van der Waals surface area contributed by atoms with E-state index in [1.807, 2.05) is 0 Å². The van der Waals surface area contributed by atoms with E-state index in [1.165, 1.54) is 12.1 Å². The summed E-state index contributed by atoms with van der Waals surface area (Å²) in [5.74, 6) is 5.39. The molecule has 0 heterocycles. The van der Waals surface area contributed by atoms with Crippen molar-refractivity contribution in [1.82, 2.24) is 0 Å². The van der Waals surface area contributed by atoms with E-state index in [1.54, 1.807) is 24.3 Å². The van der Waals surface area contributed by atoms with Crippen LogP contribution in [0, 0.1) is 17.7 Å². The Kier molecular flexibility index (Phi) is 5.46. The lowest BCUT2D eigenvalue weighted by atomic mass is 10.2. The topological polar surface area (TPSA) is 35.2 Å². The minimum absolute atomic E-state index is 0.212. The molecule has 0 amide bonds. The highest BCUT2D eigenvalue weighted by Gasteiger charge is 2.04. The van der Waals surface area contributed by atoms with Gasteiger partial charge < -0.3 is 10.5 Å². The van der Waals surface area contributed by atoms with Crippen molar-refractivity contribution in [2.45, 2.75) is 6.61 Å². The molecule has 0 bridgehead atoms. The molecular weight excluding hydrogens is 312 g/mol. The van der Waals surface area contributed by atoms with Gasteiger partial charge in [-0.05, 0) is 24.3 Å². The fourth-order valence-corrected chi connectivity index (χ4v) is 2.13. The normalized spacial score (nSPS) is 9.90. The van der Waals surface area contributed by atoms with Gasteiger partial charge in [0.05, 0.1) is 6.54 Å². The van der Waals surface area contributed by atoms with Gasteiger partial charge in [0.1, 0.15) is 18.2 Å². The second-order valence-electron chi connectivity index (χ2n) is 4.21. The molecule has 0 aromatic heterocycles. The molecule has 0 aliphatic heterocycles. The maximum absolute atomic E-state index is 13.5. The van der Waals surface area contributed by atoms with E-state index in [0.29, 0.717) is 21.4 Å². The van der Waals surface area contributed by atoms with Gasteiger partial charge in [0.15, 0.2) is 0 Å². The molecule has 0 radical (unpaired) electrons. The maximum atomic E-state index is 13.5. The predicted octanol–water partition coefficient (Wildman–Crippen LogP) is 4.02. The standard InChI is InChI=1S/C16H12Cl2FNO/c17-13-4-3-12(16(18)8-13)10-21-15-7-11(2-1-5-20)6-14(19)9-15/h3-4,6-9H,5,10,20H2. The Bertz CT molecular complexity index is 707. The summed E-state index contributed by atoms with van der Waals surface area (Å²) < 4.78 is 19.0. The minimum Gasteiger partial charge on any atom is -0.489 e. The largest absolute Gasteiger partial charge is 0.489 e. The predicted molar refractivity (Wildman–Crippen MR) is 83.1 cm³/mol. The van der Waals surface area contributed by atoms with Crippen LogP contribution in [0.15, 0.2) is 36.4 Å². The van der Waals surface area contributed by atoms with Gasteiger partial charge in [0.2, 0.25) is 0 Å². The van der Waals surface area contributed by atoms with Gasteiger partial charge in [-0.3, -0.25) is 0 Å². The van der Waals surface area contributed by atoms with Crippen molar-refractivity contribution in [1.29, 1.82) is 0 Å². The summed E-state index contributed by atoms with van der Waals surface area (Å²) in [4.78, 5) is 0. The second kappa shape index (κ2) is 7.33. The van der Waals surface area contributed by atoms with Crippen LogP contribution in [-0.2, 0) is 6.61 Å². The van der Waals surface area contributed by atoms with Crippen LogP contribution in [0.5, 0.6) is 5.75 Å². The van der Waals surface area contributed by atoms with Crippen molar-refractivity contribution >= 4 is 23.2 Å². The van der Waals surface area contributed by atoms with Crippen molar-refractivity contribution in [2.24, 2.45) is 5.73 Å². The van der Waals surface area contributed by atoms with E-state index in [0.717, 1.165) is 5.56 Å². The number of hydrogen-bond donors (Lipinski definition) is 1. The summed E-state index contributed by atoms with van der Waals surface area (Å²) in [6.45, 7) is 0.427.